The van der Waals surface area contributed by atoms with Crippen molar-refractivity contribution in [3.8, 4) is 0 Å². The molecule has 70 valence electrons. The summed E-state index contributed by atoms with van der Waals surface area (Å²) < 4.78 is 0.744. The third-order valence-electron chi connectivity index (χ3n) is 1.85. The Morgan fingerprint density at radius 3 is 2.54 bits per heavy atom. The zero-order valence-corrected chi connectivity index (χ0v) is 8.24. The molecule has 0 unspecified atom stereocenters. The first-order valence-corrected chi connectivity index (χ1v) is 4.16. The van der Waals surface area contributed by atoms with Crippen LogP contribution in [-0.4, -0.2) is 27.6 Å². The van der Waals surface area contributed by atoms with Crippen LogP contribution in [0.2, 0.25) is 0 Å². The zero-order chi connectivity index (χ0) is 9.90. The molecule has 1 rings (SSSR count). The Bertz CT molecular complexity index is 302. The molecule has 1 aromatic carbocycles. The van der Waals surface area contributed by atoms with E-state index in [0.717, 1.165) is 15.9 Å². The Morgan fingerprint density at radius 1 is 1.31 bits per heavy atom. The third kappa shape index (κ3) is 2.56. The highest BCUT2D eigenvalue weighted by atomic mass is 16.1. The number of nitrogens with zero attached hydrogens (tertiary/aromatic N) is 1. The van der Waals surface area contributed by atoms with Crippen LogP contribution in [0.3, 0.4) is 0 Å². The molecule has 3 heteroatoms. The highest BCUT2D eigenvalue weighted by molar-refractivity contribution is 5.73. The van der Waals surface area contributed by atoms with Gasteiger partial charge in [-0.05, 0) is 12.1 Å². The van der Waals surface area contributed by atoms with Crippen LogP contribution in [0.15, 0.2) is 24.3 Å². The van der Waals surface area contributed by atoms with Crippen molar-refractivity contribution >= 4 is 17.8 Å². The van der Waals surface area contributed by atoms with Gasteiger partial charge in [-0.25, -0.2) is 0 Å². The van der Waals surface area contributed by atoms with E-state index < -0.39 is 0 Å². The number of hydrogen-bond acceptors (Lipinski definition) is 1. The minimum atomic E-state index is 0.689. The zero-order valence-electron chi connectivity index (χ0n) is 8.24. The van der Waals surface area contributed by atoms with Crippen LogP contribution in [0.4, 0.5) is 11.4 Å². The fraction of sp³-hybridized carbons (Fsp3) is 0.300. The quantitative estimate of drug-likeness (QED) is 0.552. The number of amides is 1. The van der Waals surface area contributed by atoms with Crippen molar-refractivity contribution in [2.45, 2.75) is 0 Å². The lowest BCUT2D eigenvalue weighted by Gasteiger charge is -2.23. The first kappa shape index (κ1) is 9.74. The third-order valence-corrected chi connectivity index (χ3v) is 1.85. The lowest BCUT2D eigenvalue weighted by molar-refractivity contribution is -0.105. The summed E-state index contributed by atoms with van der Waals surface area (Å²) in [5.41, 5.74) is 1.99. The molecule has 1 N–H and O–H groups in total. The molecule has 0 aliphatic heterocycles. The molecule has 0 aliphatic carbocycles. The monoisotopic (exact) mass is 179 g/mol. The molecule has 3 nitrogen and oxygen atoms in total. The molecule has 0 bridgehead atoms. The van der Waals surface area contributed by atoms with Crippen LogP contribution in [0.1, 0.15) is 0 Å². The van der Waals surface area contributed by atoms with Gasteiger partial charge in [0.1, 0.15) is 5.69 Å². The van der Waals surface area contributed by atoms with Gasteiger partial charge in [0.05, 0.1) is 21.1 Å². The van der Waals surface area contributed by atoms with Gasteiger partial charge in [-0.2, -0.15) is 0 Å². The number of rotatable bonds is 3. The first-order valence-electron chi connectivity index (χ1n) is 4.16. The Balaban J connectivity index is 2.98. The molecule has 0 saturated heterocycles. The van der Waals surface area contributed by atoms with Crippen LogP contribution in [0.5, 0.6) is 0 Å². The van der Waals surface area contributed by atoms with Gasteiger partial charge in [0, 0.05) is 11.8 Å². The number of benzene rings is 1. The average Bonchev–Trinajstić information content (AvgIpc) is 2.04. The normalized spacial score (nSPS) is 11.0. The summed E-state index contributed by atoms with van der Waals surface area (Å²) in [6, 6.07) is 7.81. The molecule has 1 amide bonds. The van der Waals surface area contributed by atoms with Crippen LogP contribution < -0.4 is 9.80 Å². The Kier molecular flexibility index (Phi) is 2.68. The molecule has 1 aromatic rings. The van der Waals surface area contributed by atoms with E-state index in [-0.39, 0.29) is 0 Å². The summed E-state index contributed by atoms with van der Waals surface area (Å²) >= 11 is 0. The van der Waals surface area contributed by atoms with E-state index in [1.54, 1.807) is 0 Å². The van der Waals surface area contributed by atoms with E-state index in [0.29, 0.717) is 6.41 Å². The second kappa shape index (κ2) is 3.58. The van der Waals surface area contributed by atoms with Gasteiger partial charge in [0.15, 0.2) is 0 Å². The van der Waals surface area contributed by atoms with Crippen molar-refractivity contribution in [1.82, 2.24) is 4.48 Å². The molecular formula is C10H15N2O+. The minimum Gasteiger partial charge on any atom is -0.328 e. The van der Waals surface area contributed by atoms with Gasteiger partial charge >= 0.3 is 0 Å². The van der Waals surface area contributed by atoms with Crippen LogP contribution in [-0.2, 0) is 4.79 Å². The van der Waals surface area contributed by atoms with Gasteiger partial charge in [-0.15, -0.1) is 0 Å². The maximum absolute atomic E-state index is 10.2. The van der Waals surface area contributed by atoms with Crippen molar-refractivity contribution in [2.75, 3.05) is 26.5 Å². The van der Waals surface area contributed by atoms with Crippen molar-refractivity contribution in [1.29, 1.82) is 0 Å². The molecular weight excluding hydrogens is 164 g/mol. The fourth-order valence-corrected chi connectivity index (χ4v) is 1.08. The van der Waals surface area contributed by atoms with E-state index in [4.69, 9.17) is 0 Å². The highest BCUT2D eigenvalue weighted by Crippen LogP contribution is 2.20. The predicted molar refractivity (Wildman–Crippen MR) is 55.7 cm³/mol. The Morgan fingerprint density at radius 2 is 2.00 bits per heavy atom. The predicted octanol–water partition coefficient (Wildman–Crippen LogP) is 1.45. The Labute approximate surface area is 78.6 Å². The number of nitrogens with one attached hydrogen (secondary N) is 1. The molecule has 0 radical (unpaired) electrons. The molecule has 0 atom stereocenters. The Hall–Kier alpha value is -1.35. The van der Waals surface area contributed by atoms with Crippen molar-refractivity contribution in [3.63, 3.8) is 0 Å². The van der Waals surface area contributed by atoms with Crippen molar-refractivity contribution in [2.24, 2.45) is 0 Å². The van der Waals surface area contributed by atoms with E-state index in [9.17, 15) is 4.79 Å². The lowest BCUT2D eigenvalue weighted by atomic mass is 10.2. The molecule has 0 fully saturated rings. The van der Waals surface area contributed by atoms with Gasteiger partial charge < -0.3 is 5.32 Å². The molecule has 0 aliphatic rings. The smallest absolute Gasteiger partial charge is 0.211 e. The molecule has 13 heavy (non-hydrogen) atoms. The number of carbonyl (C=O) groups excluding carboxylic acids is 1. The summed E-state index contributed by atoms with van der Waals surface area (Å²) in [6.07, 6.45) is 0.689. The molecule has 0 saturated carbocycles. The van der Waals surface area contributed by atoms with Crippen LogP contribution >= 0.6 is 0 Å². The van der Waals surface area contributed by atoms with Gasteiger partial charge in [0.2, 0.25) is 6.41 Å². The number of hydrogen-bond donors (Lipinski definition) is 1. The molecule has 0 heterocycles. The number of quaternary nitrogens is 1. The topological polar surface area (TPSA) is 29.1 Å². The largest absolute Gasteiger partial charge is 0.328 e. The highest BCUT2D eigenvalue weighted by Gasteiger charge is 2.11. The summed E-state index contributed by atoms with van der Waals surface area (Å²) in [7, 11) is 6.25. The maximum atomic E-state index is 10.2. The molecule has 0 spiro atoms. The SMILES string of the molecule is C[N+](C)(C)c1cccc(NC=O)c1. The lowest BCUT2D eigenvalue weighted by Crippen LogP contribution is -2.34. The summed E-state index contributed by atoms with van der Waals surface area (Å²) in [5.74, 6) is 0. The first-order chi connectivity index (χ1) is 6.04. The van der Waals surface area contributed by atoms with Gasteiger partial charge in [0.25, 0.3) is 0 Å². The standard InChI is InChI=1S/C10H14N2O/c1-12(2,3)10-6-4-5-9(7-10)11-8-13/h4-8H,1-3H3/p+1. The van der Waals surface area contributed by atoms with E-state index in [1.807, 2.05) is 24.3 Å². The van der Waals surface area contributed by atoms with Crippen LogP contribution in [0, 0.1) is 0 Å². The van der Waals surface area contributed by atoms with Gasteiger partial charge in [-0.1, -0.05) is 6.07 Å². The van der Waals surface area contributed by atoms with Crippen molar-refractivity contribution < 1.29 is 4.79 Å². The summed E-state index contributed by atoms with van der Waals surface area (Å²) in [6.45, 7) is 0. The molecule has 0 aromatic heterocycles. The number of carbonyl (C=O) groups is 1. The van der Waals surface area contributed by atoms with E-state index in [2.05, 4.69) is 26.5 Å². The van der Waals surface area contributed by atoms with E-state index in [1.165, 1.54) is 0 Å². The summed E-state index contributed by atoms with van der Waals surface area (Å²) in [5, 5.41) is 2.63. The second-order valence-electron chi connectivity index (χ2n) is 3.82. The maximum Gasteiger partial charge on any atom is 0.211 e. The second-order valence-corrected chi connectivity index (χ2v) is 3.82. The average molecular weight is 179 g/mol. The number of anilines is 1. The van der Waals surface area contributed by atoms with Crippen molar-refractivity contribution in [3.05, 3.63) is 24.3 Å². The fourth-order valence-electron chi connectivity index (χ4n) is 1.08. The van der Waals surface area contributed by atoms with Gasteiger partial charge in [-0.3, -0.25) is 9.28 Å². The van der Waals surface area contributed by atoms with Crippen LogP contribution in [0.25, 0.3) is 0 Å². The van der Waals surface area contributed by atoms with E-state index >= 15 is 0 Å². The minimum absolute atomic E-state index is 0.689. The summed E-state index contributed by atoms with van der Waals surface area (Å²) in [4.78, 5) is 10.2.